The highest BCUT2D eigenvalue weighted by Gasteiger charge is 2.35. The van der Waals surface area contributed by atoms with Crippen molar-refractivity contribution in [2.75, 3.05) is 24.5 Å². The number of nitrogens with one attached hydrogen (secondary N) is 1. The SMILES string of the molecule is C[C@@H]1CCc2ncnc(N3CCN(C(=O)[C@@H](Cc4ccc(Cl)cc4)NC(=O)O)C[C@@H]3C)c21. The number of carboxylic acid groups (broad SMARTS) is 1. The Morgan fingerprint density at radius 3 is 2.66 bits per heavy atom. The van der Waals surface area contributed by atoms with Crippen molar-refractivity contribution >= 4 is 29.4 Å². The maximum absolute atomic E-state index is 13.3. The average Bonchev–Trinajstić information content (AvgIpc) is 3.15. The molecule has 2 N–H and O–H groups in total. The Labute approximate surface area is 192 Å². The van der Waals surface area contributed by atoms with E-state index in [4.69, 9.17) is 11.6 Å². The molecule has 2 heterocycles. The molecule has 8 nitrogen and oxygen atoms in total. The molecule has 1 aromatic heterocycles. The first kappa shape index (κ1) is 22.3. The Hall–Kier alpha value is -2.87. The molecule has 0 radical (unpaired) electrons. The molecule has 0 bridgehead atoms. The van der Waals surface area contributed by atoms with Gasteiger partial charge in [-0.2, -0.15) is 0 Å². The minimum atomic E-state index is -1.21. The Balaban J connectivity index is 1.48. The maximum Gasteiger partial charge on any atom is 0.405 e. The zero-order chi connectivity index (χ0) is 22.8. The summed E-state index contributed by atoms with van der Waals surface area (Å²) in [5, 5.41) is 12.3. The van der Waals surface area contributed by atoms with Gasteiger partial charge in [0.05, 0.1) is 0 Å². The van der Waals surface area contributed by atoms with Gasteiger partial charge in [0.25, 0.3) is 0 Å². The Kier molecular flexibility index (Phi) is 6.50. The molecule has 1 fully saturated rings. The summed E-state index contributed by atoms with van der Waals surface area (Å²) in [6.07, 6.45) is 2.76. The van der Waals surface area contributed by atoms with Crippen LogP contribution in [0.5, 0.6) is 0 Å². The molecular weight excluding hydrogens is 430 g/mol. The number of nitrogens with zero attached hydrogens (tertiary/aromatic N) is 4. The first-order chi connectivity index (χ1) is 15.3. The zero-order valence-corrected chi connectivity index (χ0v) is 19.0. The minimum absolute atomic E-state index is 0.0560. The van der Waals surface area contributed by atoms with Crippen molar-refractivity contribution in [3.63, 3.8) is 0 Å². The number of aryl methyl sites for hydroxylation is 1. The largest absolute Gasteiger partial charge is 0.465 e. The van der Waals surface area contributed by atoms with Gasteiger partial charge in [0.2, 0.25) is 5.91 Å². The molecule has 1 aliphatic carbocycles. The third-order valence-corrected chi connectivity index (χ3v) is 6.66. The first-order valence-corrected chi connectivity index (χ1v) is 11.3. The zero-order valence-electron chi connectivity index (χ0n) is 18.3. The van der Waals surface area contributed by atoms with Crippen LogP contribution in [0.3, 0.4) is 0 Å². The molecule has 2 amide bonds. The van der Waals surface area contributed by atoms with E-state index in [-0.39, 0.29) is 18.4 Å². The number of halogens is 1. The minimum Gasteiger partial charge on any atom is -0.465 e. The number of fused-ring (bicyclic) bond motifs is 1. The summed E-state index contributed by atoms with van der Waals surface area (Å²) in [4.78, 5) is 37.7. The van der Waals surface area contributed by atoms with E-state index >= 15 is 0 Å². The Morgan fingerprint density at radius 2 is 1.97 bits per heavy atom. The lowest BCUT2D eigenvalue weighted by Gasteiger charge is -2.42. The smallest absolute Gasteiger partial charge is 0.405 e. The van der Waals surface area contributed by atoms with Crippen LogP contribution in [0.1, 0.15) is 43.0 Å². The summed E-state index contributed by atoms with van der Waals surface area (Å²) in [6, 6.07) is 6.30. The molecule has 32 heavy (non-hydrogen) atoms. The van der Waals surface area contributed by atoms with E-state index in [1.54, 1.807) is 23.4 Å². The van der Waals surface area contributed by atoms with E-state index in [1.807, 2.05) is 12.1 Å². The van der Waals surface area contributed by atoms with E-state index in [9.17, 15) is 14.7 Å². The number of aromatic nitrogens is 2. The van der Waals surface area contributed by atoms with Gasteiger partial charge < -0.3 is 20.2 Å². The van der Waals surface area contributed by atoms with Crippen molar-refractivity contribution in [2.45, 2.75) is 51.1 Å². The number of benzene rings is 1. The number of carbonyl (C=O) groups is 2. The summed E-state index contributed by atoms with van der Waals surface area (Å²) < 4.78 is 0. The van der Waals surface area contributed by atoms with Gasteiger partial charge in [-0.3, -0.25) is 4.79 Å². The number of piperazine rings is 1. The van der Waals surface area contributed by atoms with Crippen LogP contribution in [0.15, 0.2) is 30.6 Å². The molecule has 2 aromatic rings. The normalized spacial score (nSPS) is 21.2. The molecule has 3 atom stereocenters. The summed E-state index contributed by atoms with van der Waals surface area (Å²) >= 11 is 5.94. The van der Waals surface area contributed by atoms with Crippen molar-refractivity contribution in [3.8, 4) is 0 Å². The predicted molar refractivity (Wildman–Crippen MR) is 122 cm³/mol. The van der Waals surface area contributed by atoms with Crippen LogP contribution in [-0.2, 0) is 17.6 Å². The van der Waals surface area contributed by atoms with Crippen molar-refractivity contribution in [1.82, 2.24) is 20.2 Å². The highest BCUT2D eigenvalue weighted by Crippen LogP contribution is 2.38. The Bertz CT molecular complexity index is 1000. The van der Waals surface area contributed by atoms with E-state index in [2.05, 4.69) is 34.0 Å². The highest BCUT2D eigenvalue weighted by molar-refractivity contribution is 6.30. The van der Waals surface area contributed by atoms with Crippen LogP contribution in [0.25, 0.3) is 0 Å². The van der Waals surface area contributed by atoms with E-state index in [1.165, 1.54) is 5.56 Å². The van der Waals surface area contributed by atoms with Crippen LogP contribution in [0.2, 0.25) is 5.02 Å². The summed E-state index contributed by atoms with van der Waals surface area (Å²) in [5.74, 6) is 1.19. The number of amides is 2. The van der Waals surface area contributed by atoms with Crippen LogP contribution in [-0.4, -0.2) is 63.7 Å². The van der Waals surface area contributed by atoms with Crippen LogP contribution >= 0.6 is 11.6 Å². The summed E-state index contributed by atoms with van der Waals surface area (Å²) in [7, 11) is 0. The maximum atomic E-state index is 13.3. The highest BCUT2D eigenvalue weighted by atomic mass is 35.5. The molecule has 9 heteroatoms. The molecular formula is C23H28ClN5O3. The van der Waals surface area contributed by atoms with E-state index in [0.717, 1.165) is 29.9 Å². The van der Waals surface area contributed by atoms with Gasteiger partial charge in [0, 0.05) is 48.4 Å². The van der Waals surface area contributed by atoms with Crippen LogP contribution in [0, 0.1) is 0 Å². The second-order valence-corrected chi connectivity index (χ2v) is 9.09. The lowest BCUT2D eigenvalue weighted by molar-refractivity contribution is -0.134. The quantitative estimate of drug-likeness (QED) is 0.715. The predicted octanol–water partition coefficient (Wildman–Crippen LogP) is 3.10. The number of hydrogen-bond acceptors (Lipinski definition) is 5. The van der Waals surface area contributed by atoms with Gasteiger partial charge in [0.15, 0.2) is 0 Å². The van der Waals surface area contributed by atoms with Gasteiger partial charge in [0.1, 0.15) is 18.2 Å². The first-order valence-electron chi connectivity index (χ1n) is 11.0. The number of hydrogen-bond donors (Lipinski definition) is 2. The third-order valence-electron chi connectivity index (χ3n) is 6.41. The molecule has 2 aliphatic rings. The molecule has 170 valence electrons. The fraction of sp³-hybridized carbons (Fsp3) is 0.478. The van der Waals surface area contributed by atoms with Gasteiger partial charge >= 0.3 is 6.09 Å². The standard InChI is InChI=1S/C23H28ClN5O3/c1-14-3-8-18-20(14)21(26-13-25-18)29-10-9-28(12-15(29)2)22(30)19(27-23(31)32)11-16-4-6-17(24)7-5-16/h4-7,13-15,19,27H,3,8-12H2,1-2H3,(H,31,32)/t14-,15+,19-/m1/s1. The van der Waals surface area contributed by atoms with E-state index < -0.39 is 12.1 Å². The fourth-order valence-corrected chi connectivity index (χ4v) is 4.88. The van der Waals surface area contributed by atoms with Crippen molar-refractivity contribution in [1.29, 1.82) is 0 Å². The van der Waals surface area contributed by atoms with Gasteiger partial charge in [-0.1, -0.05) is 30.7 Å². The third kappa shape index (κ3) is 4.65. The summed E-state index contributed by atoms with van der Waals surface area (Å²) in [5.41, 5.74) is 3.20. The molecule has 0 spiro atoms. The monoisotopic (exact) mass is 457 g/mol. The molecule has 1 aliphatic heterocycles. The Morgan fingerprint density at radius 1 is 1.22 bits per heavy atom. The van der Waals surface area contributed by atoms with Gasteiger partial charge in [-0.05, 0) is 43.4 Å². The van der Waals surface area contributed by atoms with Crippen LogP contribution < -0.4 is 10.2 Å². The average molecular weight is 458 g/mol. The molecule has 1 saturated heterocycles. The van der Waals surface area contributed by atoms with Crippen molar-refractivity contribution < 1.29 is 14.7 Å². The lowest BCUT2D eigenvalue weighted by Crippen LogP contribution is -2.58. The molecule has 1 aromatic carbocycles. The molecule has 0 saturated carbocycles. The van der Waals surface area contributed by atoms with Gasteiger partial charge in [-0.25, -0.2) is 14.8 Å². The van der Waals surface area contributed by atoms with E-state index in [0.29, 0.717) is 30.6 Å². The lowest BCUT2D eigenvalue weighted by atomic mass is 10.0. The summed E-state index contributed by atoms with van der Waals surface area (Å²) in [6.45, 7) is 5.94. The second-order valence-electron chi connectivity index (χ2n) is 8.66. The van der Waals surface area contributed by atoms with Crippen molar-refractivity contribution in [3.05, 3.63) is 52.4 Å². The fourth-order valence-electron chi connectivity index (χ4n) is 4.75. The number of carbonyl (C=O) groups excluding carboxylic acids is 1. The van der Waals surface area contributed by atoms with Gasteiger partial charge in [-0.15, -0.1) is 0 Å². The molecule has 4 rings (SSSR count). The molecule has 0 unspecified atom stereocenters. The van der Waals surface area contributed by atoms with Crippen molar-refractivity contribution in [2.24, 2.45) is 0 Å². The second kappa shape index (κ2) is 9.32. The topological polar surface area (TPSA) is 98.7 Å². The number of anilines is 1. The van der Waals surface area contributed by atoms with Crippen LogP contribution in [0.4, 0.5) is 10.6 Å². The number of rotatable bonds is 5.